The highest BCUT2D eigenvalue weighted by Gasteiger charge is 2.26. The van der Waals surface area contributed by atoms with Crippen LogP contribution in [0.4, 0.5) is 5.95 Å². The summed E-state index contributed by atoms with van der Waals surface area (Å²) in [6, 6.07) is 6.27. The fourth-order valence-corrected chi connectivity index (χ4v) is 2.81. The van der Waals surface area contributed by atoms with Gasteiger partial charge in [0.2, 0.25) is 5.95 Å². The van der Waals surface area contributed by atoms with E-state index < -0.39 is 0 Å². The Morgan fingerprint density at radius 3 is 2.85 bits per heavy atom. The SMILES string of the molecule is Cc1cn(C2CC2)c(NCCc2ccc(Cl)cc2Cl)n1. The molecule has 1 heterocycles. The summed E-state index contributed by atoms with van der Waals surface area (Å²) >= 11 is 12.1. The van der Waals surface area contributed by atoms with Crippen molar-refractivity contribution in [2.75, 3.05) is 11.9 Å². The lowest BCUT2D eigenvalue weighted by Crippen LogP contribution is -2.10. The molecule has 106 valence electrons. The van der Waals surface area contributed by atoms with Crippen LogP contribution in [0.2, 0.25) is 10.0 Å². The second kappa shape index (κ2) is 5.66. The van der Waals surface area contributed by atoms with Gasteiger partial charge in [-0.25, -0.2) is 4.98 Å². The monoisotopic (exact) mass is 309 g/mol. The topological polar surface area (TPSA) is 29.9 Å². The van der Waals surface area contributed by atoms with Crippen molar-refractivity contribution in [2.45, 2.75) is 32.2 Å². The molecule has 1 aliphatic rings. The van der Waals surface area contributed by atoms with Gasteiger partial charge in [-0.15, -0.1) is 0 Å². The number of anilines is 1. The fraction of sp³-hybridized carbons (Fsp3) is 0.400. The zero-order valence-corrected chi connectivity index (χ0v) is 12.9. The lowest BCUT2D eigenvalue weighted by atomic mass is 10.1. The van der Waals surface area contributed by atoms with E-state index in [2.05, 4.69) is 21.1 Å². The van der Waals surface area contributed by atoms with Gasteiger partial charge in [0.25, 0.3) is 0 Å². The van der Waals surface area contributed by atoms with E-state index >= 15 is 0 Å². The molecule has 0 radical (unpaired) electrons. The second-order valence-electron chi connectivity index (χ2n) is 5.26. The molecular formula is C15H17Cl2N3. The Bertz CT molecular complexity index is 618. The molecule has 1 saturated carbocycles. The number of nitrogens with one attached hydrogen (secondary N) is 1. The van der Waals surface area contributed by atoms with Crippen molar-refractivity contribution < 1.29 is 0 Å². The van der Waals surface area contributed by atoms with Crippen molar-refractivity contribution in [1.82, 2.24) is 9.55 Å². The molecule has 0 atom stereocenters. The summed E-state index contributed by atoms with van der Waals surface area (Å²) in [5.74, 6) is 0.968. The highest BCUT2D eigenvalue weighted by molar-refractivity contribution is 6.35. The molecule has 3 rings (SSSR count). The third kappa shape index (κ3) is 3.10. The molecule has 20 heavy (non-hydrogen) atoms. The minimum absolute atomic E-state index is 0.637. The van der Waals surface area contributed by atoms with Crippen molar-refractivity contribution in [3.63, 3.8) is 0 Å². The molecule has 3 nitrogen and oxygen atoms in total. The number of imidazole rings is 1. The Kier molecular flexibility index (Phi) is 3.90. The van der Waals surface area contributed by atoms with Gasteiger partial charge in [-0.3, -0.25) is 0 Å². The van der Waals surface area contributed by atoms with Crippen LogP contribution in [0.3, 0.4) is 0 Å². The van der Waals surface area contributed by atoms with Gasteiger partial charge in [0, 0.05) is 28.8 Å². The van der Waals surface area contributed by atoms with Gasteiger partial charge in [0.1, 0.15) is 0 Å². The first kappa shape index (κ1) is 13.8. The van der Waals surface area contributed by atoms with Gasteiger partial charge in [0.15, 0.2) is 0 Å². The lowest BCUT2D eigenvalue weighted by molar-refractivity contribution is 0.742. The normalized spacial score (nSPS) is 14.6. The Morgan fingerprint density at radius 2 is 2.15 bits per heavy atom. The van der Waals surface area contributed by atoms with E-state index in [-0.39, 0.29) is 0 Å². The first-order valence-corrected chi connectivity index (χ1v) is 7.62. The smallest absolute Gasteiger partial charge is 0.203 e. The Labute approximate surface area is 128 Å². The van der Waals surface area contributed by atoms with Crippen LogP contribution in [-0.2, 0) is 6.42 Å². The number of hydrogen-bond donors (Lipinski definition) is 1. The average Bonchev–Trinajstić information content (AvgIpc) is 3.17. The van der Waals surface area contributed by atoms with E-state index in [1.165, 1.54) is 12.8 Å². The Morgan fingerprint density at radius 1 is 1.35 bits per heavy atom. The quantitative estimate of drug-likeness (QED) is 0.882. The van der Waals surface area contributed by atoms with Gasteiger partial charge in [-0.1, -0.05) is 29.3 Å². The van der Waals surface area contributed by atoms with Gasteiger partial charge in [-0.05, 0) is 43.9 Å². The molecule has 1 aromatic heterocycles. The molecular weight excluding hydrogens is 293 g/mol. The first-order valence-electron chi connectivity index (χ1n) is 6.87. The number of hydrogen-bond acceptors (Lipinski definition) is 2. The molecule has 1 fully saturated rings. The third-order valence-corrected chi connectivity index (χ3v) is 4.07. The van der Waals surface area contributed by atoms with Crippen molar-refractivity contribution in [3.05, 3.63) is 45.7 Å². The van der Waals surface area contributed by atoms with E-state index in [4.69, 9.17) is 23.2 Å². The highest BCUT2D eigenvalue weighted by Crippen LogP contribution is 2.37. The number of benzene rings is 1. The van der Waals surface area contributed by atoms with Crippen LogP contribution in [0, 0.1) is 6.92 Å². The Balaban J connectivity index is 1.62. The molecule has 1 aliphatic carbocycles. The minimum Gasteiger partial charge on any atom is -0.355 e. The van der Waals surface area contributed by atoms with Crippen molar-refractivity contribution >= 4 is 29.2 Å². The van der Waals surface area contributed by atoms with E-state index in [9.17, 15) is 0 Å². The molecule has 1 N–H and O–H groups in total. The van der Waals surface area contributed by atoms with Crippen molar-refractivity contribution in [2.24, 2.45) is 0 Å². The first-order chi connectivity index (χ1) is 9.63. The lowest BCUT2D eigenvalue weighted by Gasteiger charge is -2.09. The van der Waals surface area contributed by atoms with Gasteiger partial charge >= 0.3 is 0 Å². The number of halogens is 2. The predicted octanol–water partition coefficient (Wildman–Crippen LogP) is 4.49. The number of rotatable bonds is 5. The molecule has 5 heteroatoms. The summed E-state index contributed by atoms with van der Waals surface area (Å²) in [6.07, 6.45) is 5.49. The van der Waals surface area contributed by atoms with Crippen LogP contribution in [0.15, 0.2) is 24.4 Å². The zero-order valence-electron chi connectivity index (χ0n) is 11.4. The second-order valence-corrected chi connectivity index (χ2v) is 6.10. The summed E-state index contributed by atoms with van der Waals surface area (Å²) in [6.45, 7) is 2.84. The Hall–Kier alpha value is -1.19. The average molecular weight is 310 g/mol. The zero-order chi connectivity index (χ0) is 14.1. The highest BCUT2D eigenvalue weighted by atomic mass is 35.5. The summed E-state index contributed by atoms with van der Waals surface area (Å²) in [5, 5.41) is 4.80. The maximum absolute atomic E-state index is 6.17. The van der Waals surface area contributed by atoms with Crippen LogP contribution < -0.4 is 5.32 Å². The van der Waals surface area contributed by atoms with Crippen LogP contribution in [-0.4, -0.2) is 16.1 Å². The van der Waals surface area contributed by atoms with Crippen molar-refractivity contribution in [3.8, 4) is 0 Å². The van der Waals surface area contributed by atoms with Crippen LogP contribution in [0.1, 0.15) is 30.1 Å². The molecule has 1 aromatic carbocycles. The van der Waals surface area contributed by atoms with E-state index in [0.717, 1.165) is 35.2 Å². The van der Waals surface area contributed by atoms with Gasteiger partial charge in [-0.2, -0.15) is 0 Å². The van der Waals surface area contributed by atoms with Crippen LogP contribution >= 0.6 is 23.2 Å². The number of aromatic nitrogens is 2. The third-order valence-electron chi connectivity index (χ3n) is 3.49. The summed E-state index contributed by atoms with van der Waals surface area (Å²) in [4.78, 5) is 4.54. The molecule has 0 spiro atoms. The van der Waals surface area contributed by atoms with Crippen molar-refractivity contribution in [1.29, 1.82) is 0 Å². The van der Waals surface area contributed by atoms with E-state index in [0.29, 0.717) is 11.1 Å². The molecule has 0 aliphatic heterocycles. The fourth-order valence-electron chi connectivity index (χ4n) is 2.31. The van der Waals surface area contributed by atoms with Crippen LogP contribution in [0.25, 0.3) is 0 Å². The predicted molar refractivity (Wildman–Crippen MR) is 83.9 cm³/mol. The molecule has 0 bridgehead atoms. The molecule has 0 saturated heterocycles. The van der Waals surface area contributed by atoms with Gasteiger partial charge in [0.05, 0.1) is 5.69 Å². The standard InChI is InChI=1S/C15H17Cl2N3/c1-10-9-20(13-4-5-13)15(19-10)18-7-6-11-2-3-12(16)8-14(11)17/h2-3,8-9,13H,4-7H2,1H3,(H,18,19). The maximum Gasteiger partial charge on any atom is 0.203 e. The minimum atomic E-state index is 0.637. The van der Waals surface area contributed by atoms with Gasteiger partial charge < -0.3 is 9.88 Å². The largest absolute Gasteiger partial charge is 0.355 e. The van der Waals surface area contributed by atoms with E-state index in [1.54, 1.807) is 6.07 Å². The summed E-state index contributed by atoms with van der Waals surface area (Å²) in [7, 11) is 0. The number of aryl methyl sites for hydroxylation is 1. The summed E-state index contributed by atoms with van der Waals surface area (Å²) in [5.41, 5.74) is 2.16. The maximum atomic E-state index is 6.17. The summed E-state index contributed by atoms with van der Waals surface area (Å²) < 4.78 is 2.25. The van der Waals surface area contributed by atoms with Crippen LogP contribution in [0.5, 0.6) is 0 Å². The molecule has 2 aromatic rings. The molecule has 0 amide bonds. The van der Waals surface area contributed by atoms with E-state index in [1.807, 2.05) is 19.1 Å². The number of nitrogens with zero attached hydrogens (tertiary/aromatic N) is 2. The molecule has 0 unspecified atom stereocenters.